The van der Waals surface area contributed by atoms with E-state index in [2.05, 4.69) is 10.6 Å². The molecule has 2 N–H and O–H groups in total. The van der Waals surface area contributed by atoms with Gasteiger partial charge >= 0.3 is 0 Å². The van der Waals surface area contributed by atoms with Crippen molar-refractivity contribution in [1.29, 1.82) is 0 Å². The lowest BCUT2D eigenvalue weighted by Crippen LogP contribution is -2.18. The van der Waals surface area contributed by atoms with Crippen molar-refractivity contribution < 1.29 is 28.4 Å². The van der Waals surface area contributed by atoms with E-state index in [1.54, 1.807) is 48.7 Å². The van der Waals surface area contributed by atoms with Gasteiger partial charge in [0, 0.05) is 18.2 Å². The Morgan fingerprint density at radius 3 is 1.95 bits per heavy atom. The highest BCUT2D eigenvalue weighted by Crippen LogP contribution is 2.50. The van der Waals surface area contributed by atoms with Crippen LogP contribution in [0.2, 0.25) is 0 Å². The van der Waals surface area contributed by atoms with E-state index in [0.717, 1.165) is 40.7 Å². The highest BCUT2D eigenvalue weighted by molar-refractivity contribution is 5.83. The lowest BCUT2D eigenvalue weighted by atomic mass is 9.95. The summed E-state index contributed by atoms with van der Waals surface area (Å²) < 4.78 is 33.5. The second-order valence-corrected chi connectivity index (χ2v) is 9.07. The Morgan fingerprint density at radius 1 is 0.769 bits per heavy atom. The minimum absolute atomic E-state index is 0.0304. The summed E-state index contributed by atoms with van der Waals surface area (Å²) >= 11 is 0. The van der Waals surface area contributed by atoms with Crippen molar-refractivity contribution in [3.8, 4) is 45.6 Å². The van der Waals surface area contributed by atoms with E-state index in [-0.39, 0.29) is 11.5 Å². The monoisotopic (exact) mass is 536 g/mol. The van der Waals surface area contributed by atoms with Gasteiger partial charge in [0.15, 0.2) is 23.0 Å². The first-order valence-corrected chi connectivity index (χ1v) is 12.6. The molecular formula is C30H36N2O7. The van der Waals surface area contributed by atoms with Crippen LogP contribution in [-0.4, -0.2) is 49.7 Å². The van der Waals surface area contributed by atoms with Crippen LogP contribution in [0.4, 0.5) is 5.69 Å². The molecule has 0 amide bonds. The van der Waals surface area contributed by atoms with Crippen LogP contribution in [0.5, 0.6) is 34.5 Å². The predicted octanol–water partition coefficient (Wildman–Crippen LogP) is 4.58. The van der Waals surface area contributed by atoms with Gasteiger partial charge in [0.2, 0.25) is 16.9 Å². The highest BCUT2D eigenvalue weighted by Gasteiger charge is 2.28. The lowest BCUT2D eigenvalue weighted by molar-refractivity contribution is 0.324. The third kappa shape index (κ3) is 5.27. The van der Waals surface area contributed by atoms with Crippen LogP contribution in [-0.2, 0) is 13.0 Å². The summed E-state index contributed by atoms with van der Waals surface area (Å²) in [7, 11) is 11.4. The van der Waals surface area contributed by atoms with Crippen molar-refractivity contribution in [2.75, 3.05) is 55.0 Å². The maximum absolute atomic E-state index is 13.5. The second kappa shape index (κ2) is 12.2. The molecule has 0 heterocycles. The van der Waals surface area contributed by atoms with Crippen LogP contribution in [0.1, 0.15) is 29.2 Å². The highest BCUT2D eigenvalue weighted by atomic mass is 16.5. The second-order valence-electron chi connectivity index (χ2n) is 9.07. The van der Waals surface area contributed by atoms with Gasteiger partial charge < -0.3 is 39.1 Å². The maximum Gasteiger partial charge on any atom is 0.203 e. The van der Waals surface area contributed by atoms with Crippen molar-refractivity contribution in [3.63, 3.8) is 0 Å². The third-order valence-corrected chi connectivity index (χ3v) is 7.09. The lowest BCUT2D eigenvalue weighted by Gasteiger charge is -2.19. The zero-order valence-electron chi connectivity index (χ0n) is 23.5. The molecule has 3 aromatic carbocycles. The minimum atomic E-state index is -0.119. The third-order valence-electron chi connectivity index (χ3n) is 7.09. The number of anilines is 1. The molecule has 0 bridgehead atoms. The topological polar surface area (TPSA) is 96.5 Å². The van der Waals surface area contributed by atoms with Gasteiger partial charge in [-0.25, -0.2) is 0 Å². The van der Waals surface area contributed by atoms with Gasteiger partial charge in [-0.2, -0.15) is 0 Å². The molecule has 1 aliphatic carbocycles. The summed E-state index contributed by atoms with van der Waals surface area (Å²) in [6.07, 6.45) is 1.57. The first-order chi connectivity index (χ1) is 18.9. The van der Waals surface area contributed by atoms with E-state index in [1.807, 2.05) is 37.4 Å². The molecule has 4 rings (SSSR count). The number of nitrogens with one attached hydrogen (secondary N) is 2. The molecule has 1 atom stereocenters. The largest absolute Gasteiger partial charge is 0.493 e. The Kier molecular flexibility index (Phi) is 8.71. The molecule has 0 saturated heterocycles. The van der Waals surface area contributed by atoms with Gasteiger partial charge in [0.05, 0.1) is 48.3 Å². The van der Waals surface area contributed by atoms with E-state index >= 15 is 0 Å². The van der Waals surface area contributed by atoms with Crippen molar-refractivity contribution in [1.82, 2.24) is 5.32 Å². The molecule has 208 valence electrons. The predicted molar refractivity (Wildman–Crippen MR) is 151 cm³/mol. The summed E-state index contributed by atoms with van der Waals surface area (Å²) in [5.41, 5.74) is 4.97. The number of hydrogen-bond acceptors (Lipinski definition) is 9. The molecular weight excluding hydrogens is 500 g/mol. The minimum Gasteiger partial charge on any atom is -0.493 e. The Balaban J connectivity index is 1.82. The zero-order chi connectivity index (χ0) is 28.1. The van der Waals surface area contributed by atoms with Gasteiger partial charge in [-0.3, -0.25) is 4.79 Å². The first kappa shape index (κ1) is 27.9. The van der Waals surface area contributed by atoms with Gasteiger partial charge in [-0.05, 0) is 72.5 Å². The van der Waals surface area contributed by atoms with E-state index in [4.69, 9.17) is 28.4 Å². The van der Waals surface area contributed by atoms with Crippen molar-refractivity contribution >= 4 is 5.69 Å². The summed E-state index contributed by atoms with van der Waals surface area (Å²) in [5.74, 6) is 3.31. The summed E-state index contributed by atoms with van der Waals surface area (Å²) in [6.45, 7) is 0.376. The normalized spacial score (nSPS) is 13.9. The molecule has 9 nitrogen and oxygen atoms in total. The molecule has 0 radical (unpaired) electrons. The van der Waals surface area contributed by atoms with E-state index in [1.165, 1.54) is 0 Å². The fourth-order valence-electron chi connectivity index (χ4n) is 5.19. The molecule has 0 aromatic heterocycles. The molecule has 0 spiro atoms. The van der Waals surface area contributed by atoms with Crippen LogP contribution in [0.25, 0.3) is 11.1 Å². The Labute approximate surface area is 229 Å². The molecule has 3 aromatic rings. The van der Waals surface area contributed by atoms with Gasteiger partial charge in [-0.15, -0.1) is 0 Å². The van der Waals surface area contributed by atoms with Crippen molar-refractivity contribution in [3.05, 3.63) is 63.3 Å². The van der Waals surface area contributed by atoms with E-state index in [9.17, 15) is 4.79 Å². The zero-order valence-corrected chi connectivity index (χ0v) is 23.5. The quantitative estimate of drug-likeness (QED) is 0.386. The fraction of sp³-hybridized carbons (Fsp3) is 0.367. The molecule has 1 aliphatic rings. The van der Waals surface area contributed by atoms with Crippen LogP contribution in [0, 0.1) is 0 Å². The smallest absolute Gasteiger partial charge is 0.203 e. The maximum atomic E-state index is 13.5. The molecule has 0 fully saturated rings. The number of methoxy groups -OCH3 is 6. The molecule has 9 heteroatoms. The number of hydrogen-bond donors (Lipinski definition) is 2. The Hall–Kier alpha value is -4.11. The van der Waals surface area contributed by atoms with Crippen LogP contribution in [0.3, 0.4) is 0 Å². The number of aryl methyl sites for hydroxylation is 1. The van der Waals surface area contributed by atoms with E-state index in [0.29, 0.717) is 46.7 Å². The SMILES string of the molecule is CN[C@H]1CCc2cc(OC)c(OC)c(OC)c2-c2ccc(NCc3cc(OC)c(OC)c(OC)c3)c(=O)cc21. The van der Waals surface area contributed by atoms with Crippen molar-refractivity contribution in [2.45, 2.75) is 25.4 Å². The van der Waals surface area contributed by atoms with Crippen molar-refractivity contribution in [2.24, 2.45) is 0 Å². The molecule has 39 heavy (non-hydrogen) atoms. The number of rotatable bonds is 10. The summed E-state index contributed by atoms with van der Waals surface area (Å²) in [6, 6.07) is 11.2. The molecule has 0 aliphatic heterocycles. The Morgan fingerprint density at radius 2 is 1.38 bits per heavy atom. The fourth-order valence-corrected chi connectivity index (χ4v) is 5.19. The number of fused-ring (bicyclic) bond motifs is 3. The summed E-state index contributed by atoms with van der Waals surface area (Å²) in [5, 5.41) is 6.68. The average molecular weight is 537 g/mol. The van der Waals surface area contributed by atoms with E-state index < -0.39 is 0 Å². The summed E-state index contributed by atoms with van der Waals surface area (Å²) in [4.78, 5) is 13.5. The number of benzene rings is 2. The molecule has 0 unspecified atom stereocenters. The van der Waals surface area contributed by atoms with Crippen LogP contribution < -0.4 is 44.5 Å². The van der Waals surface area contributed by atoms with Gasteiger partial charge in [0.25, 0.3) is 0 Å². The van der Waals surface area contributed by atoms with Crippen LogP contribution in [0.15, 0.2) is 41.2 Å². The Bertz CT molecular complexity index is 1380. The standard InChI is InChI=1S/C30H36N2O7/c1-31-21-10-8-18-14-26(36-4)29(38-6)30(39-7)27(18)19-9-11-22(23(33)15-20(19)21)32-16-17-12-24(34-2)28(37-5)25(13-17)35-3/h9,11-15,21,31H,8,10,16H2,1-7H3,(H,32,33)/t21-/m0/s1. The molecule has 0 saturated carbocycles. The average Bonchev–Trinajstić information content (AvgIpc) is 3.21. The number of ether oxygens (including phenoxy) is 6. The van der Waals surface area contributed by atoms with Gasteiger partial charge in [-0.1, -0.05) is 6.07 Å². The van der Waals surface area contributed by atoms with Gasteiger partial charge in [0.1, 0.15) is 0 Å². The van der Waals surface area contributed by atoms with Crippen LogP contribution >= 0.6 is 0 Å². The first-order valence-electron chi connectivity index (χ1n) is 12.6.